The van der Waals surface area contributed by atoms with E-state index in [2.05, 4.69) is 39.0 Å². The minimum absolute atomic E-state index is 0.175. The molecule has 1 aliphatic rings. The highest BCUT2D eigenvalue weighted by atomic mass is 16.2. The van der Waals surface area contributed by atoms with Crippen LogP contribution >= 0.6 is 0 Å². The Morgan fingerprint density at radius 2 is 1.95 bits per heavy atom. The van der Waals surface area contributed by atoms with Gasteiger partial charge >= 0.3 is 0 Å². The van der Waals surface area contributed by atoms with Crippen molar-refractivity contribution in [2.75, 3.05) is 13.1 Å². The molecule has 1 aromatic carbocycles. The summed E-state index contributed by atoms with van der Waals surface area (Å²) in [5.74, 6) is 0.521. The van der Waals surface area contributed by atoms with E-state index in [1.54, 1.807) is 0 Å². The fraction of sp³-hybridized carbons (Fsp3) is 0.588. The second kappa shape index (κ2) is 6.23. The zero-order valence-corrected chi connectivity index (χ0v) is 12.4. The summed E-state index contributed by atoms with van der Waals surface area (Å²) in [6.07, 6.45) is 3.97. The number of nitrogens with zero attached hydrogens (tertiary/aromatic N) is 1. The van der Waals surface area contributed by atoms with Crippen molar-refractivity contribution in [3.63, 3.8) is 0 Å². The van der Waals surface area contributed by atoms with Gasteiger partial charge in [-0.15, -0.1) is 0 Å². The summed E-state index contributed by atoms with van der Waals surface area (Å²) in [5.41, 5.74) is 4.15. The number of carbonyl (C=O) groups excluding carboxylic acids is 1. The highest BCUT2D eigenvalue weighted by Gasteiger charge is 2.29. The van der Waals surface area contributed by atoms with E-state index >= 15 is 0 Å². The molecule has 0 saturated carbocycles. The Bertz CT molecular complexity index is 453. The predicted molar refractivity (Wildman–Crippen MR) is 79.3 cm³/mol. The van der Waals surface area contributed by atoms with E-state index in [4.69, 9.17) is 0 Å². The van der Waals surface area contributed by atoms with E-state index < -0.39 is 0 Å². The molecule has 0 aromatic heterocycles. The molecule has 1 amide bonds. The molecule has 19 heavy (non-hydrogen) atoms. The van der Waals surface area contributed by atoms with Gasteiger partial charge in [0.05, 0.1) is 0 Å². The van der Waals surface area contributed by atoms with Gasteiger partial charge in [0.2, 0.25) is 5.91 Å². The van der Waals surface area contributed by atoms with Gasteiger partial charge in [0.25, 0.3) is 0 Å². The summed E-state index contributed by atoms with van der Waals surface area (Å²) in [6.45, 7) is 8.11. The average Bonchev–Trinajstić information content (AvgIpc) is 2.86. The molecule has 0 N–H and O–H groups in total. The average molecular weight is 259 g/mol. The van der Waals surface area contributed by atoms with Crippen molar-refractivity contribution in [1.29, 1.82) is 0 Å². The number of fused-ring (bicyclic) bond motifs is 1. The first-order chi connectivity index (χ1) is 9.19. The zero-order chi connectivity index (χ0) is 13.8. The molecule has 0 radical (unpaired) electrons. The number of amides is 1. The maximum Gasteiger partial charge on any atom is 0.226 e. The summed E-state index contributed by atoms with van der Waals surface area (Å²) in [7, 11) is 0. The highest BCUT2D eigenvalue weighted by molar-refractivity contribution is 5.80. The SMILES string of the molecule is CCCN(CC)C(=O)C1Cc2ccc(CC)cc2C1. The van der Waals surface area contributed by atoms with Crippen LogP contribution in [0.25, 0.3) is 0 Å². The van der Waals surface area contributed by atoms with Crippen LogP contribution in [0.5, 0.6) is 0 Å². The quantitative estimate of drug-likeness (QED) is 0.795. The Morgan fingerprint density at radius 3 is 2.58 bits per heavy atom. The Kier molecular flexibility index (Phi) is 4.62. The van der Waals surface area contributed by atoms with Crippen LogP contribution in [0.1, 0.15) is 43.9 Å². The summed E-state index contributed by atoms with van der Waals surface area (Å²) >= 11 is 0. The topological polar surface area (TPSA) is 20.3 Å². The normalized spacial score (nSPS) is 17.3. The number of benzene rings is 1. The van der Waals surface area contributed by atoms with Gasteiger partial charge in [-0.3, -0.25) is 4.79 Å². The summed E-state index contributed by atoms with van der Waals surface area (Å²) in [4.78, 5) is 14.5. The van der Waals surface area contributed by atoms with E-state index in [-0.39, 0.29) is 5.92 Å². The molecule has 1 aromatic rings. The lowest BCUT2D eigenvalue weighted by Gasteiger charge is -2.23. The molecule has 0 bridgehead atoms. The summed E-state index contributed by atoms with van der Waals surface area (Å²) < 4.78 is 0. The Morgan fingerprint density at radius 1 is 1.21 bits per heavy atom. The van der Waals surface area contributed by atoms with Gasteiger partial charge in [-0.1, -0.05) is 32.0 Å². The second-order valence-corrected chi connectivity index (χ2v) is 5.48. The maximum absolute atomic E-state index is 12.5. The van der Waals surface area contributed by atoms with Gasteiger partial charge in [-0.05, 0) is 49.3 Å². The molecule has 2 heteroatoms. The first-order valence-electron chi connectivity index (χ1n) is 7.59. The standard InChI is InChI=1S/C17H25NO/c1-4-9-18(6-3)17(19)16-11-14-8-7-13(5-2)10-15(14)12-16/h7-8,10,16H,4-6,9,11-12H2,1-3H3. The van der Waals surface area contributed by atoms with E-state index in [0.717, 1.165) is 38.8 Å². The van der Waals surface area contributed by atoms with E-state index in [9.17, 15) is 4.79 Å². The summed E-state index contributed by atoms with van der Waals surface area (Å²) in [6, 6.07) is 6.71. The van der Waals surface area contributed by atoms with Crippen LogP contribution in [0.2, 0.25) is 0 Å². The van der Waals surface area contributed by atoms with Crippen molar-refractivity contribution < 1.29 is 4.79 Å². The van der Waals surface area contributed by atoms with Crippen LogP contribution in [0.4, 0.5) is 0 Å². The Hall–Kier alpha value is -1.31. The Balaban J connectivity index is 2.08. The minimum Gasteiger partial charge on any atom is -0.343 e. The van der Waals surface area contributed by atoms with E-state index in [1.807, 2.05) is 4.90 Å². The largest absolute Gasteiger partial charge is 0.343 e. The van der Waals surface area contributed by atoms with Crippen LogP contribution in [-0.2, 0) is 24.1 Å². The molecule has 1 unspecified atom stereocenters. The zero-order valence-electron chi connectivity index (χ0n) is 12.4. The van der Waals surface area contributed by atoms with E-state index in [0.29, 0.717) is 5.91 Å². The molecule has 2 rings (SSSR count). The third kappa shape index (κ3) is 2.99. The van der Waals surface area contributed by atoms with Gasteiger partial charge in [0.15, 0.2) is 0 Å². The van der Waals surface area contributed by atoms with Crippen molar-refractivity contribution in [3.8, 4) is 0 Å². The van der Waals surface area contributed by atoms with Gasteiger partial charge in [0.1, 0.15) is 0 Å². The molecule has 0 fully saturated rings. The molecule has 0 aliphatic heterocycles. The lowest BCUT2D eigenvalue weighted by atomic mass is 10.0. The van der Waals surface area contributed by atoms with Crippen LogP contribution in [0, 0.1) is 5.92 Å². The molecule has 0 spiro atoms. The molecule has 1 aliphatic carbocycles. The summed E-state index contributed by atoms with van der Waals surface area (Å²) in [5, 5.41) is 0. The molecule has 2 nitrogen and oxygen atoms in total. The third-order valence-electron chi connectivity index (χ3n) is 4.15. The number of aryl methyl sites for hydroxylation is 1. The number of carbonyl (C=O) groups is 1. The van der Waals surface area contributed by atoms with Crippen molar-refractivity contribution >= 4 is 5.91 Å². The van der Waals surface area contributed by atoms with E-state index in [1.165, 1.54) is 16.7 Å². The van der Waals surface area contributed by atoms with Crippen LogP contribution in [0.3, 0.4) is 0 Å². The van der Waals surface area contributed by atoms with Crippen molar-refractivity contribution in [3.05, 3.63) is 34.9 Å². The fourth-order valence-corrected chi connectivity index (χ4v) is 3.02. The number of hydrogen-bond donors (Lipinski definition) is 0. The Labute approximate surface area is 116 Å². The van der Waals surface area contributed by atoms with Crippen molar-refractivity contribution in [2.45, 2.75) is 46.5 Å². The van der Waals surface area contributed by atoms with Crippen molar-refractivity contribution in [2.24, 2.45) is 5.92 Å². The van der Waals surface area contributed by atoms with Crippen LogP contribution < -0.4 is 0 Å². The van der Waals surface area contributed by atoms with Crippen LogP contribution in [0.15, 0.2) is 18.2 Å². The molecule has 1 atom stereocenters. The monoisotopic (exact) mass is 259 g/mol. The number of hydrogen-bond acceptors (Lipinski definition) is 1. The third-order valence-corrected chi connectivity index (χ3v) is 4.15. The van der Waals surface area contributed by atoms with Gasteiger partial charge in [0, 0.05) is 19.0 Å². The molecular weight excluding hydrogens is 234 g/mol. The van der Waals surface area contributed by atoms with Crippen molar-refractivity contribution in [1.82, 2.24) is 4.90 Å². The first-order valence-corrected chi connectivity index (χ1v) is 7.59. The highest BCUT2D eigenvalue weighted by Crippen LogP contribution is 2.29. The molecule has 0 saturated heterocycles. The van der Waals surface area contributed by atoms with Gasteiger partial charge in [-0.25, -0.2) is 0 Å². The second-order valence-electron chi connectivity index (χ2n) is 5.48. The lowest BCUT2D eigenvalue weighted by molar-refractivity contribution is -0.135. The fourth-order valence-electron chi connectivity index (χ4n) is 3.02. The van der Waals surface area contributed by atoms with Gasteiger partial charge in [-0.2, -0.15) is 0 Å². The van der Waals surface area contributed by atoms with Gasteiger partial charge < -0.3 is 4.90 Å². The minimum atomic E-state index is 0.175. The molecular formula is C17H25NO. The maximum atomic E-state index is 12.5. The molecule has 104 valence electrons. The first kappa shape index (κ1) is 14.1. The smallest absolute Gasteiger partial charge is 0.226 e. The number of rotatable bonds is 5. The predicted octanol–water partition coefficient (Wildman–Crippen LogP) is 3.22. The molecule has 0 heterocycles. The van der Waals surface area contributed by atoms with Crippen LogP contribution in [-0.4, -0.2) is 23.9 Å². The lowest BCUT2D eigenvalue weighted by Crippen LogP contribution is -2.36.